The van der Waals surface area contributed by atoms with E-state index in [9.17, 15) is 0 Å². The predicted molar refractivity (Wildman–Crippen MR) is 73.4 cm³/mol. The summed E-state index contributed by atoms with van der Waals surface area (Å²) in [4.78, 5) is 4.22. The standard InChI is InChI=1S/C14H14BrNO2/c1-17-14-4-2-11(3-5-14)9-18-10-13-8-12(15)6-7-16-13/h2-8H,9-10H2,1H3. The third kappa shape index (κ3) is 3.82. The van der Waals surface area contributed by atoms with Gasteiger partial charge in [0.25, 0.3) is 0 Å². The van der Waals surface area contributed by atoms with Crippen molar-refractivity contribution in [2.45, 2.75) is 13.2 Å². The summed E-state index contributed by atoms with van der Waals surface area (Å²) < 4.78 is 11.7. The van der Waals surface area contributed by atoms with Crippen LogP contribution in [0.5, 0.6) is 5.75 Å². The Kier molecular flexibility index (Phi) is 4.73. The fraction of sp³-hybridized carbons (Fsp3) is 0.214. The van der Waals surface area contributed by atoms with Crippen molar-refractivity contribution in [3.63, 3.8) is 0 Å². The Labute approximate surface area is 115 Å². The molecule has 0 spiro atoms. The molecule has 2 aromatic rings. The van der Waals surface area contributed by atoms with Gasteiger partial charge >= 0.3 is 0 Å². The van der Waals surface area contributed by atoms with Crippen LogP contribution in [0.1, 0.15) is 11.3 Å². The van der Waals surface area contributed by atoms with E-state index in [2.05, 4.69) is 20.9 Å². The molecule has 1 aromatic heterocycles. The molecule has 0 amide bonds. The number of methoxy groups -OCH3 is 1. The Bertz CT molecular complexity index is 499. The Morgan fingerprint density at radius 1 is 1.11 bits per heavy atom. The van der Waals surface area contributed by atoms with E-state index in [1.165, 1.54) is 0 Å². The van der Waals surface area contributed by atoms with E-state index in [0.29, 0.717) is 13.2 Å². The lowest BCUT2D eigenvalue weighted by molar-refractivity contribution is 0.104. The van der Waals surface area contributed by atoms with Gasteiger partial charge in [-0.15, -0.1) is 0 Å². The number of ether oxygens (including phenoxy) is 2. The Hall–Kier alpha value is -1.39. The summed E-state index contributed by atoms with van der Waals surface area (Å²) in [5.74, 6) is 0.854. The summed E-state index contributed by atoms with van der Waals surface area (Å²) in [5, 5.41) is 0. The Balaban J connectivity index is 1.84. The van der Waals surface area contributed by atoms with E-state index in [1.54, 1.807) is 13.3 Å². The minimum Gasteiger partial charge on any atom is -0.497 e. The van der Waals surface area contributed by atoms with Crippen LogP contribution in [0.25, 0.3) is 0 Å². The third-order valence-electron chi connectivity index (χ3n) is 2.46. The van der Waals surface area contributed by atoms with E-state index in [1.807, 2.05) is 36.4 Å². The number of hydrogen-bond acceptors (Lipinski definition) is 3. The maximum absolute atomic E-state index is 5.61. The number of aromatic nitrogens is 1. The molecule has 0 fully saturated rings. The fourth-order valence-corrected chi connectivity index (χ4v) is 1.91. The van der Waals surface area contributed by atoms with E-state index in [-0.39, 0.29) is 0 Å². The van der Waals surface area contributed by atoms with Gasteiger partial charge in [0, 0.05) is 10.7 Å². The highest BCUT2D eigenvalue weighted by molar-refractivity contribution is 9.10. The zero-order chi connectivity index (χ0) is 12.8. The van der Waals surface area contributed by atoms with Crippen molar-refractivity contribution < 1.29 is 9.47 Å². The Morgan fingerprint density at radius 3 is 2.56 bits per heavy atom. The second-order valence-electron chi connectivity index (χ2n) is 3.81. The summed E-state index contributed by atoms with van der Waals surface area (Å²) in [5.41, 5.74) is 2.03. The lowest BCUT2D eigenvalue weighted by Gasteiger charge is -2.05. The molecule has 4 heteroatoms. The molecule has 0 bridgehead atoms. The van der Waals surface area contributed by atoms with Gasteiger partial charge in [-0.05, 0) is 29.8 Å². The van der Waals surface area contributed by atoms with Crippen molar-refractivity contribution in [2.75, 3.05) is 7.11 Å². The van der Waals surface area contributed by atoms with Gasteiger partial charge in [0.05, 0.1) is 26.0 Å². The molecule has 3 nitrogen and oxygen atoms in total. The molecule has 0 saturated carbocycles. The minimum atomic E-state index is 0.505. The molecule has 0 aliphatic carbocycles. The van der Waals surface area contributed by atoms with Gasteiger partial charge in [0.2, 0.25) is 0 Å². The molecule has 0 saturated heterocycles. The van der Waals surface area contributed by atoms with Crippen molar-refractivity contribution in [1.82, 2.24) is 4.98 Å². The minimum absolute atomic E-state index is 0.505. The molecular formula is C14H14BrNO2. The second kappa shape index (κ2) is 6.52. The average molecular weight is 308 g/mol. The predicted octanol–water partition coefficient (Wildman–Crippen LogP) is 3.57. The molecule has 0 N–H and O–H groups in total. The maximum Gasteiger partial charge on any atom is 0.118 e. The van der Waals surface area contributed by atoms with Gasteiger partial charge in [-0.3, -0.25) is 4.98 Å². The van der Waals surface area contributed by atoms with Gasteiger partial charge in [-0.2, -0.15) is 0 Å². The number of hydrogen-bond donors (Lipinski definition) is 0. The van der Waals surface area contributed by atoms with Crippen molar-refractivity contribution in [3.05, 3.63) is 58.3 Å². The highest BCUT2D eigenvalue weighted by Gasteiger charge is 1.98. The zero-order valence-electron chi connectivity index (χ0n) is 10.1. The largest absolute Gasteiger partial charge is 0.497 e. The average Bonchev–Trinajstić information content (AvgIpc) is 2.40. The number of benzene rings is 1. The van der Waals surface area contributed by atoms with Crippen LogP contribution in [0.2, 0.25) is 0 Å². The Morgan fingerprint density at radius 2 is 1.89 bits per heavy atom. The molecule has 0 aliphatic heterocycles. The van der Waals surface area contributed by atoms with Crippen molar-refractivity contribution in [1.29, 1.82) is 0 Å². The van der Waals surface area contributed by atoms with Crippen LogP contribution >= 0.6 is 15.9 Å². The van der Waals surface area contributed by atoms with E-state index in [0.717, 1.165) is 21.5 Å². The van der Waals surface area contributed by atoms with Gasteiger partial charge in [0.1, 0.15) is 5.75 Å². The van der Waals surface area contributed by atoms with Crippen molar-refractivity contribution in [2.24, 2.45) is 0 Å². The van der Waals surface area contributed by atoms with E-state index in [4.69, 9.17) is 9.47 Å². The molecule has 18 heavy (non-hydrogen) atoms. The molecule has 0 radical (unpaired) electrons. The molecule has 0 unspecified atom stereocenters. The van der Waals surface area contributed by atoms with Gasteiger partial charge in [-0.1, -0.05) is 28.1 Å². The monoisotopic (exact) mass is 307 g/mol. The van der Waals surface area contributed by atoms with Gasteiger partial charge in [0.15, 0.2) is 0 Å². The van der Waals surface area contributed by atoms with Gasteiger partial charge < -0.3 is 9.47 Å². The molecule has 1 aromatic carbocycles. The quantitative estimate of drug-likeness (QED) is 0.846. The summed E-state index contributed by atoms with van der Waals surface area (Å²) >= 11 is 3.41. The van der Waals surface area contributed by atoms with Crippen LogP contribution in [0.4, 0.5) is 0 Å². The topological polar surface area (TPSA) is 31.4 Å². The number of halogens is 1. The third-order valence-corrected chi connectivity index (χ3v) is 2.95. The normalized spacial score (nSPS) is 10.3. The van der Waals surface area contributed by atoms with Gasteiger partial charge in [-0.25, -0.2) is 0 Å². The molecule has 0 aliphatic rings. The first-order chi connectivity index (χ1) is 8.78. The molecule has 0 atom stereocenters. The highest BCUT2D eigenvalue weighted by atomic mass is 79.9. The van der Waals surface area contributed by atoms with Crippen molar-refractivity contribution in [3.8, 4) is 5.75 Å². The molecular weight excluding hydrogens is 294 g/mol. The lowest BCUT2D eigenvalue weighted by atomic mass is 10.2. The van der Waals surface area contributed by atoms with Crippen LogP contribution in [-0.2, 0) is 18.0 Å². The first-order valence-electron chi connectivity index (χ1n) is 5.59. The van der Waals surface area contributed by atoms with E-state index < -0.39 is 0 Å². The van der Waals surface area contributed by atoms with Crippen LogP contribution < -0.4 is 4.74 Å². The summed E-state index contributed by atoms with van der Waals surface area (Å²) in [7, 11) is 1.66. The maximum atomic E-state index is 5.61. The number of nitrogens with zero attached hydrogens (tertiary/aromatic N) is 1. The summed E-state index contributed by atoms with van der Waals surface area (Å²) in [6.45, 7) is 1.07. The smallest absolute Gasteiger partial charge is 0.118 e. The molecule has 94 valence electrons. The number of rotatable bonds is 5. The van der Waals surface area contributed by atoms with Crippen LogP contribution in [-0.4, -0.2) is 12.1 Å². The summed E-state index contributed by atoms with van der Waals surface area (Å²) in [6.07, 6.45) is 1.76. The first-order valence-corrected chi connectivity index (χ1v) is 6.38. The first kappa shape index (κ1) is 13.1. The SMILES string of the molecule is COc1ccc(COCc2cc(Br)ccn2)cc1. The zero-order valence-corrected chi connectivity index (χ0v) is 11.7. The van der Waals surface area contributed by atoms with Crippen LogP contribution in [0.3, 0.4) is 0 Å². The lowest BCUT2D eigenvalue weighted by Crippen LogP contribution is -1.96. The second-order valence-corrected chi connectivity index (χ2v) is 4.72. The fourth-order valence-electron chi connectivity index (χ4n) is 1.52. The van der Waals surface area contributed by atoms with E-state index >= 15 is 0 Å². The van der Waals surface area contributed by atoms with Crippen LogP contribution in [0.15, 0.2) is 47.1 Å². The van der Waals surface area contributed by atoms with Crippen molar-refractivity contribution >= 4 is 15.9 Å². The van der Waals surface area contributed by atoms with Crippen LogP contribution in [0, 0.1) is 0 Å². The summed E-state index contributed by atoms with van der Waals surface area (Å²) in [6, 6.07) is 11.7. The highest BCUT2D eigenvalue weighted by Crippen LogP contribution is 2.13. The molecule has 1 heterocycles. The number of pyridine rings is 1. The molecule has 2 rings (SSSR count).